The average Bonchev–Trinajstić information content (AvgIpc) is 2.03. The topological polar surface area (TPSA) is 98.6 Å². The Bertz CT molecular complexity index is 215. The van der Waals surface area contributed by atoms with Crippen molar-refractivity contribution in [2.75, 3.05) is 6.61 Å². The SMILES string of the molecule is CCCCC(CC)COS(=O)(=O)O.N. The third-order valence-electron chi connectivity index (χ3n) is 2.00. The molecule has 1 atom stereocenters. The maximum Gasteiger partial charge on any atom is 0.397 e. The highest BCUT2D eigenvalue weighted by atomic mass is 32.3. The third kappa shape index (κ3) is 9.91. The van der Waals surface area contributed by atoms with Crippen LogP contribution in [0.25, 0.3) is 0 Å². The van der Waals surface area contributed by atoms with Crippen LogP contribution in [0, 0.1) is 5.92 Å². The summed E-state index contributed by atoms with van der Waals surface area (Å²) in [7, 11) is -4.25. The van der Waals surface area contributed by atoms with Gasteiger partial charge in [0, 0.05) is 0 Å². The van der Waals surface area contributed by atoms with Crippen LogP contribution in [0.1, 0.15) is 39.5 Å². The highest BCUT2D eigenvalue weighted by molar-refractivity contribution is 7.80. The van der Waals surface area contributed by atoms with E-state index < -0.39 is 10.4 Å². The smallest absolute Gasteiger partial charge is 0.344 e. The van der Waals surface area contributed by atoms with Crippen LogP contribution in [0.3, 0.4) is 0 Å². The Morgan fingerprint density at radius 2 is 1.93 bits per heavy atom. The van der Waals surface area contributed by atoms with Crippen molar-refractivity contribution < 1.29 is 17.2 Å². The fraction of sp³-hybridized carbons (Fsp3) is 1.00. The molecule has 4 N–H and O–H groups in total. The lowest BCUT2D eigenvalue weighted by atomic mass is 10.0. The first-order valence-corrected chi connectivity index (χ1v) is 5.98. The van der Waals surface area contributed by atoms with Crippen LogP contribution in [-0.4, -0.2) is 19.6 Å². The van der Waals surface area contributed by atoms with E-state index in [0.29, 0.717) is 0 Å². The van der Waals surface area contributed by atoms with Crippen LogP contribution in [0.4, 0.5) is 0 Å². The van der Waals surface area contributed by atoms with Crippen molar-refractivity contribution in [3.63, 3.8) is 0 Å². The van der Waals surface area contributed by atoms with E-state index in [1.807, 2.05) is 6.92 Å². The zero-order valence-corrected chi connectivity index (χ0v) is 9.72. The lowest BCUT2D eigenvalue weighted by molar-refractivity contribution is 0.211. The van der Waals surface area contributed by atoms with Gasteiger partial charge < -0.3 is 6.15 Å². The van der Waals surface area contributed by atoms with Gasteiger partial charge in [0.05, 0.1) is 6.61 Å². The van der Waals surface area contributed by atoms with Gasteiger partial charge in [0.1, 0.15) is 0 Å². The van der Waals surface area contributed by atoms with Crippen LogP contribution in [0.2, 0.25) is 0 Å². The second-order valence-corrected chi connectivity index (χ2v) is 4.22. The van der Waals surface area contributed by atoms with E-state index in [4.69, 9.17) is 4.55 Å². The average molecular weight is 227 g/mol. The monoisotopic (exact) mass is 227 g/mol. The van der Waals surface area contributed by atoms with E-state index in [9.17, 15) is 8.42 Å². The maximum atomic E-state index is 10.3. The molecule has 6 heteroatoms. The molecule has 0 fully saturated rings. The Morgan fingerprint density at radius 3 is 2.29 bits per heavy atom. The van der Waals surface area contributed by atoms with E-state index in [0.717, 1.165) is 25.7 Å². The van der Waals surface area contributed by atoms with Gasteiger partial charge in [-0.1, -0.05) is 33.1 Å². The minimum atomic E-state index is -4.25. The number of hydrogen-bond donors (Lipinski definition) is 2. The highest BCUT2D eigenvalue weighted by Gasteiger charge is 2.11. The van der Waals surface area contributed by atoms with Crippen LogP contribution >= 0.6 is 0 Å². The summed E-state index contributed by atoms with van der Waals surface area (Å²) in [5.74, 6) is 0.224. The quantitative estimate of drug-likeness (QED) is 0.649. The molecule has 0 aromatic rings. The van der Waals surface area contributed by atoms with Gasteiger partial charge in [-0.05, 0) is 12.3 Å². The summed E-state index contributed by atoms with van der Waals surface area (Å²) in [5.41, 5.74) is 0. The standard InChI is InChI=1S/C8H18O4S.H3N/c1-3-5-6-8(4-2)7-12-13(9,10)11;/h8H,3-7H2,1-2H3,(H,9,10,11);1H3. The van der Waals surface area contributed by atoms with Crippen LogP contribution in [-0.2, 0) is 14.6 Å². The summed E-state index contributed by atoms with van der Waals surface area (Å²) in [5, 5.41) is 0. The van der Waals surface area contributed by atoms with Crippen molar-refractivity contribution in [3.05, 3.63) is 0 Å². The minimum Gasteiger partial charge on any atom is -0.344 e. The van der Waals surface area contributed by atoms with Gasteiger partial charge in [0.15, 0.2) is 0 Å². The molecule has 0 saturated carbocycles. The molecule has 14 heavy (non-hydrogen) atoms. The van der Waals surface area contributed by atoms with Crippen LogP contribution in [0.15, 0.2) is 0 Å². The molecule has 0 radical (unpaired) electrons. The fourth-order valence-corrected chi connectivity index (χ4v) is 1.44. The summed E-state index contributed by atoms with van der Waals surface area (Å²) in [4.78, 5) is 0. The van der Waals surface area contributed by atoms with Crippen molar-refractivity contribution in [3.8, 4) is 0 Å². The van der Waals surface area contributed by atoms with E-state index in [-0.39, 0.29) is 18.7 Å². The maximum absolute atomic E-state index is 10.3. The van der Waals surface area contributed by atoms with Crippen LogP contribution < -0.4 is 6.15 Å². The first-order chi connectivity index (χ1) is 5.99. The van der Waals surface area contributed by atoms with Gasteiger partial charge in [-0.25, -0.2) is 4.18 Å². The van der Waals surface area contributed by atoms with Crippen molar-refractivity contribution in [2.45, 2.75) is 39.5 Å². The molecule has 88 valence electrons. The molecular weight excluding hydrogens is 206 g/mol. The Labute approximate surface area is 86.4 Å². The van der Waals surface area contributed by atoms with Crippen molar-refractivity contribution in [1.82, 2.24) is 6.15 Å². The number of unbranched alkanes of at least 4 members (excludes halogenated alkanes) is 1. The lowest BCUT2D eigenvalue weighted by Gasteiger charge is -2.12. The molecule has 0 rings (SSSR count). The molecule has 0 aromatic heterocycles. The predicted molar refractivity (Wildman–Crippen MR) is 55.8 cm³/mol. The van der Waals surface area contributed by atoms with Crippen molar-refractivity contribution in [2.24, 2.45) is 5.92 Å². The molecule has 0 aromatic carbocycles. The van der Waals surface area contributed by atoms with Gasteiger partial charge in [0.2, 0.25) is 0 Å². The first-order valence-electron chi connectivity index (χ1n) is 4.61. The number of rotatable bonds is 7. The second kappa shape index (κ2) is 8.16. The first kappa shape index (κ1) is 16.3. The zero-order chi connectivity index (χ0) is 10.3. The van der Waals surface area contributed by atoms with E-state index in [1.165, 1.54) is 0 Å². The summed E-state index contributed by atoms with van der Waals surface area (Å²) < 4.78 is 33.2. The van der Waals surface area contributed by atoms with Gasteiger partial charge in [-0.15, -0.1) is 0 Å². The number of hydrogen-bond acceptors (Lipinski definition) is 4. The molecule has 0 bridgehead atoms. The second-order valence-electron chi connectivity index (χ2n) is 3.13. The molecule has 0 amide bonds. The molecule has 0 saturated heterocycles. The zero-order valence-electron chi connectivity index (χ0n) is 8.90. The van der Waals surface area contributed by atoms with Gasteiger partial charge >= 0.3 is 10.4 Å². The molecule has 0 heterocycles. The van der Waals surface area contributed by atoms with E-state index in [1.54, 1.807) is 0 Å². The molecule has 0 aliphatic heterocycles. The minimum absolute atomic E-state index is 0. The van der Waals surface area contributed by atoms with Gasteiger partial charge in [-0.3, -0.25) is 4.55 Å². The molecule has 5 nitrogen and oxygen atoms in total. The predicted octanol–water partition coefficient (Wildman–Crippen LogP) is 2.18. The van der Waals surface area contributed by atoms with E-state index in [2.05, 4.69) is 11.1 Å². The molecule has 1 unspecified atom stereocenters. The van der Waals surface area contributed by atoms with E-state index >= 15 is 0 Å². The summed E-state index contributed by atoms with van der Waals surface area (Å²) >= 11 is 0. The summed E-state index contributed by atoms with van der Waals surface area (Å²) in [6, 6.07) is 0. The molecule has 0 aliphatic carbocycles. The Hall–Kier alpha value is -0.170. The summed E-state index contributed by atoms with van der Waals surface area (Å²) in [6.45, 7) is 4.15. The van der Waals surface area contributed by atoms with Crippen molar-refractivity contribution >= 4 is 10.4 Å². The largest absolute Gasteiger partial charge is 0.397 e. The molecular formula is C8H21NO4S. The molecule has 0 aliphatic rings. The van der Waals surface area contributed by atoms with Crippen molar-refractivity contribution in [1.29, 1.82) is 0 Å². The Balaban J connectivity index is 0. The Kier molecular flexibility index (Phi) is 9.49. The van der Waals surface area contributed by atoms with Gasteiger partial charge in [0.25, 0.3) is 0 Å². The van der Waals surface area contributed by atoms with Gasteiger partial charge in [-0.2, -0.15) is 8.42 Å². The molecule has 0 spiro atoms. The highest BCUT2D eigenvalue weighted by Crippen LogP contribution is 2.13. The normalized spacial score (nSPS) is 13.4. The lowest BCUT2D eigenvalue weighted by Crippen LogP contribution is -2.13. The fourth-order valence-electron chi connectivity index (χ4n) is 1.08. The van der Waals surface area contributed by atoms with Crippen LogP contribution in [0.5, 0.6) is 0 Å². The third-order valence-corrected chi connectivity index (χ3v) is 2.43. The summed E-state index contributed by atoms with van der Waals surface area (Å²) in [6.07, 6.45) is 3.97. The Morgan fingerprint density at radius 1 is 1.36 bits per heavy atom.